The smallest absolute Gasteiger partial charge is 0.242 e. The van der Waals surface area contributed by atoms with Gasteiger partial charge in [-0.1, -0.05) is 42.5 Å². The number of rotatable bonds is 10. The summed E-state index contributed by atoms with van der Waals surface area (Å²) in [6.07, 6.45) is 2.85. The molecule has 0 spiro atoms. The average Bonchev–Trinajstić information content (AvgIpc) is 3.54. The van der Waals surface area contributed by atoms with Crippen molar-refractivity contribution in [1.29, 1.82) is 0 Å². The monoisotopic (exact) mass is 428 g/mol. The number of sulfonamides is 1. The Hall–Kier alpha value is -2.51. The second-order valence-corrected chi connectivity index (χ2v) is 9.98. The van der Waals surface area contributed by atoms with E-state index in [2.05, 4.69) is 17.4 Å². The van der Waals surface area contributed by atoms with E-state index in [1.54, 1.807) is 0 Å². The van der Waals surface area contributed by atoms with Crippen molar-refractivity contribution in [2.75, 3.05) is 20.1 Å². The number of benzene rings is 2. The Bertz CT molecular complexity index is 997. The van der Waals surface area contributed by atoms with Gasteiger partial charge in [0.2, 0.25) is 15.9 Å². The lowest BCUT2D eigenvalue weighted by Crippen LogP contribution is -2.33. The minimum absolute atomic E-state index is 0.0586. The molecule has 160 valence electrons. The van der Waals surface area contributed by atoms with Crippen LogP contribution in [0.3, 0.4) is 0 Å². The highest BCUT2D eigenvalue weighted by molar-refractivity contribution is 7.89. The van der Waals surface area contributed by atoms with Crippen LogP contribution in [0.5, 0.6) is 0 Å². The number of Topliss-reactive ketones (excluding diaryl/α,β-unsaturated/α-hetero) is 1. The molecule has 0 radical (unpaired) electrons. The van der Waals surface area contributed by atoms with E-state index in [9.17, 15) is 18.0 Å². The van der Waals surface area contributed by atoms with Crippen LogP contribution in [-0.2, 0) is 20.2 Å². The fourth-order valence-corrected chi connectivity index (χ4v) is 4.70. The Labute approximate surface area is 178 Å². The van der Waals surface area contributed by atoms with Gasteiger partial charge in [-0.25, -0.2) is 12.7 Å². The summed E-state index contributed by atoms with van der Waals surface area (Å²) < 4.78 is 26.5. The summed E-state index contributed by atoms with van der Waals surface area (Å²) in [6.45, 7) is 2.30. The van der Waals surface area contributed by atoms with Gasteiger partial charge in [0.1, 0.15) is 0 Å². The molecule has 1 saturated carbocycles. The molecule has 0 heterocycles. The van der Waals surface area contributed by atoms with Crippen LogP contribution in [0.2, 0.25) is 0 Å². The zero-order chi connectivity index (χ0) is 21.8. The number of amides is 1. The number of ketones is 1. The third-order valence-electron chi connectivity index (χ3n) is 5.71. The lowest BCUT2D eigenvalue weighted by atomic mass is 9.96. The maximum absolute atomic E-state index is 12.7. The van der Waals surface area contributed by atoms with Gasteiger partial charge in [-0.2, -0.15) is 0 Å². The van der Waals surface area contributed by atoms with Crippen molar-refractivity contribution in [3.63, 3.8) is 0 Å². The van der Waals surface area contributed by atoms with Crippen LogP contribution in [0, 0.1) is 0 Å². The molecule has 0 atom stereocenters. The lowest BCUT2D eigenvalue weighted by molar-refractivity contribution is -0.121. The van der Waals surface area contributed by atoms with Gasteiger partial charge in [-0.3, -0.25) is 9.59 Å². The molecule has 0 bridgehead atoms. The molecule has 3 rings (SSSR count). The minimum Gasteiger partial charge on any atom is -0.355 e. The van der Waals surface area contributed by atoms with Crippen molar-refractivity contribution in [3.05, 3.63) is 65.7 Å². The van der Waals surface area contributed by atoms with E-state index < -0.39 is 10.0 Å². The molecule has 0 unspecified atom stereocenters. The Balaban J connectivity index is 1.46. The van der Waals surface area contributed by atoms with E-state index in [-0.39, 0.29) is 35.0 Å². The SMILES string of the molecule is CC(=O)c1ccc(S(=O)(=O)N(C)CCCC(=O)NCC2(c3ccccc3)CC2)cc1. The van der Waals surface area contributed by atoms with Crippen LogP contribution in [0.1, 0.15) is 48.5 Å². The molecule has 1 fully saturated rings. The molecule has 0 aromatic heterocycles. The Morgan fingerprint density at radius 1 is 1.03 bits per heavy atom. The molecule has 6 nitrogen and oxygen atoms in total. The lowest BCUT2D eigenvalue weighted by Gasteiger charge is -2.18. The average molecular weight is 429 g/mol. The van der Waals surface area contributed by atoms with Crippen molar-refractivity contribution in [2.45, 2.75) is 42.9 Å². The zero-order valence-electron chi connectivity index (χ0n) is 17.4. The molecule has 0 saturated heterocycles. The van der Waals surface area contributed by atoms with Gasteiger partial charge in [0.15, 0.2) is 5.78 Å². The minimum atomic E-state index is -3.65. The molecule has 2 aromatic carbocycles. The summed E-state index contributed by atoms with van der Waals surface area (Å²) in [4.78, 5) is 23.7. The first-order valence-corrected chi connectivity index (χ1v) is 11.6. The van der Waals surface area contributed by atoms with E-state index in [1.165, 1.54) is 48.1 Å². The summed E-state index contributed by atoms with van der Waals surface area (Å²) in [5.74, 6) is -0.174. The summed E-state index contributed by atoms with van der Waals surface area (Å²) in [6, 6.07) is 16.1. The van der Waals surface area contributed by atoms with Crippen LogP contribution in [0.15, 0.2) is 59.5 Å². The van der Waals surface area contributed by atoms with Gasteiger partial charge in [-0.15, -0.1) is 0 Å². The second kappa shape index (κ2) is 9.10. The maximum atomic E-state index is 12.7. The highest BCUT2D eigenvalue weighted by atomic mass is 32.2. The molecule has 1 aliphatic rings. The Morgan fingerprint density at radius 3 is 2.23 bits per heavy atom. The van der Waals surface area contributed by atoms with Crippen molar-refractivity contribution in [3.8, 4) is 0 Å². The number of nitrogens with zero attached hydrogens (tertiary/aromatic N) is 1. The molecular weight excluding hydrogens is 400 g/mol. The summed E-state index contributed by atoms with van der Waals surface area (Å²) in [5, 5.41) is 3.01. The molecule has 30 heavy (non-hydrogen) atoms. The van der Waals surface area contributed by atoms with Gasteiger partial charge in [0, 0.05) is 37.5 Å². The van der Waals surface area contributed by atoms with Crippen LogP contribution < -0.4 is 5.32 Å². The predicted molar refractivity (Wildman–Crippen MR) is 116 cm³/mol. The molecular formula is C23H28N2O4S. The second-order valence-electron chi connectivity index (χ2n) is 7.93. The first-order chi connectivity index (χ1) is 14.2. The topological polar surface area (TPSA) is 83.6 Å². The van der Waals surface area contributed by atoms with Crippen LogP contribution in [0.4, 0.5) is 0 Å². The summed E-state index contributed by atoms with van der Waals surface area (Å²) in [7, 11) is -2.15. The van der Waals surface area contributed by atoms with Crippen molar-refractivity contribution in [1.82, 2.24) is 9.62 Å². The van der Waals surface area contributed by atoms with E-state index in [0.29, 0.717) is 18.5 Å². The maximum Gasteiger partial charge on any atom is 0.242 e. The molecule has 2 aromatic rings. The molecule has 1 aliphatic carbocycles. The number of nitrogens with one attached hydrogen (secondary N) is 1. The normalized spacial score (nSPS) is 15.0. The van der Waals surface area contributed by atoms with Gasteiger partial charge in [-0.05, 0) is 43.9 Å². The number of carbonyl (C=O) groups excluding carboxylic acids is 2. The first kappa shape index (κ1) is 22.2. The third kappa shape index (κ3) is 5.15. The highest BCUT2D eigenvalue weighted by Crippen LogP contribution is 2.47. The van der Waals surface area contributed by atoms with E-state index in [0.717, 1.165) is 12.8 Å². The van der Waals surface area contributed by atoms with Gasteiger partial charge >= 0.3 is 0 Å². The summed E-state index contributed by atoms with van der Waals surface area (Å²) in [5.41, 5.74) is 1.78. The molecule has 7 heteroatoms. The van der Waals surface area contributed by atoms with E-state index in [4.69, 9.17) is 0 Å². The summed E-state index contributed by atoms with van der Waals surface area (Å²) >= 11 is 0. The Morgan fingerprint density at radius 2 is 1.67 bits per heavy atom. The predicted octanol–water partition coefficient (Wildman–Crippen LogP) is 3.14. The van der Waals surface area contributed by atoms with Crippen molar-refractivity contribution >= 4 is 21.7 Å². The van der Waals surface area contributed by atoms with Crippen LogP contribution in [-0.4, -0.2) is 44.6 Å². The fraction of sp³-hybridized carbons (Fsp3) is 0.391. The van der Waals surface area contributed by atoms with Crippen LogP contribution >= 0.6 is 0 Å². The highest BCUT2D eigenvalue weighted by Gasteiger charge is 2.44. The van der Waals surface area contributed by atoms with Crippen molar-refractivity contribution in [2.24, 2.45) is 0 Å². The zero-order valence-corrected chi connectivity index (χ0v) is 18.2. The van der Waals surface area contributed by atoms with Crippen LogP contribution in [0.25, 0.3) is 0 Å². The molecule has 0 aliphatic heterocycles. The fourth-order valence-electron chi connectivity index (χ4n) is 3.49. The quantitative estimate of drug-likeness (QED) is 0.589. The van der Waals surface area contributed by atoms with E-state index in [1.807, 2.05) is 18.2 Å². The van der Waals surface area contributed by atoms with Gasteiger partial charge < -0.3 is 5.32 Å². The number of hydrogen-bond donors (Lipinski definition) is 1. The molecule has 1 amide bonds. The molecule has 1 N–H and O–H groups in total. The van der Waals surface area contributed by atoms with Gasteiger partial charge in [0.25, 0.3) is 0 Å². The number of hydrogen-bond acceptors (Lipinski definition) is 4. The third-order valence-corrected chi connectivity index (χ3v) is 7.58. The largest absolute Gasteiger partial charge is 0.355 e. The van der Waals surface area contributed by atoms with E-state index >= 15 is 0 Å². The standard InChI is InChI=1S/C23H28N2O4S/c1-18(26)19-10-12-21(13-11-19)30(28,29)25(2)16-6-9-22(27)24-17-23(14-15-23)20-7-4-3-5-8-20/h3-5,7-8,10-13H,6,9,14-17H2,1-2H3,(H,24,27). The van der Waals surface area contributed by atoms with Gasteiger partial charge in [0.05, 0.1) is 4.90 Å². The number of carbonyl (C=O) groups is 2. The first-order valence-electron chi connectivity index (χ1n) is 10.1. The van der Waals surface area contributed by atoms with Crippen molar-refractivity contribution < 1.29 is 18.0 Å². The Kier molecular flexibility index (Phi) is 6.73.